The largest absolute Gasteiger partial charge is 0.345 e. The molecule has 1 aromatic rings. The van der Waals surface area contributed by atoms with Gasteiger partial charge in [-0.05, 0) is 12.1 Å². The molecule has 1 heterocycles. The Balaban J connectivity index is 2.27. The Kier molecular flexibility index (Phi) is 2.04. The van der Waals surface area contributed by atoms with E-state index in [1.165, 1.54) is 6.07 Å². The van der Waals surface area contributed by atoms with E-state index >= 15 is 0 Å². The first-order valence-electron chi connectivity index (χ1n) is 3.71. The Hall–Kier alpha value is -0.960. The average Bonchev–Trinajstić information content (AvgIpc) is 2.56. The van der Waals surface area contributed by atoms with Gasteiger partial charge in [0.25, 0.3) is 0 Å². The Morgan fingerprint density at radius 3 is 3.00 bits per heavy atom. The number of hydrogen-bond acceptors (Lipinski definition) is 1. The first-order valence-corrected chi connectivity index (χ1v) is 5.17. The quantitative estimate of drug-likeness (QED) is 0.653. The first kappa shape index (κ1) is 7.68. The van der Waals surface area contributed by atoms with Crippen LogP contribution in [0.5, 0.6) is 0 Å². The molecule has 0 aromatic heterocycles. The van der Waals surface area contributed by atoms with Gasteiger partial charge in [0, 0.05) is 12.3 Å². The van der Waals surface area contributed by atoms with Gasteiger partial charge in [-0.3, -0.25) is 0 Å². The van der Waals surface area contributed by atoms with Crippen LogP contribution in [-0.2, 0) is 10.9 Å². The summed E-state index contributed by atoms with van der Waals surface area (Å²) in [4.78, 5) is 1.07. The molecular formula is C9H9FNS+. The van der Waals surface area contributed by atoms with Crippen LogP contribution < -0.4 is 5.32 Å². The maximum Gasteiger partial charge on any atom is 0.188 e. The van der Waals surface area contributed by atoms with E-state index < -0.39 is 0 Å². The predicted molar refractivity (Wildman–Crippen MR) is 49.2 cm³/mol. The van der Waals surface area contributed by atoms with Crippen LogP contribution in [0.4, 0.5) is 4.39 Å². The maximum absolute atomic E-state index is 12.8. The number of rotatable bonds is 1. The number of hydrogen-bond donors (Lipinski definition) is 1. The zero-order valence-corrected chi connectivity index (χ0v) is 7.27. The minimum absolute atomic E-state index is 0.0674. The normalized spacial score (nSPS) is 20.9. The summed E-state index contributed by atoms with van der Waals surface area (Å²) in [6.07, 6.45) is 1.92. The molecule has 1 aliphatic rings. The lowest BCUT2D eigenvalue weighted by Crippen LogP contribution is -2.09. The standard InChI is InChI=1S/C9H9FNS/c10-8-2-1-3-9(6-8)12-5-4-11-7-12/h1-6,11H,7H2/q+1. The van der Waals surface area contributed by atoms with Crippen LogP contribution in [0.15, 0.2) is 40.8 Å². The van der Waals surface area contributed by atoms with Crippen LogP contribution in [0, 0.1) is 5.82 Å². The summed E-state index contributed by atoms with van der Waals surface area (Å²) in [5.41, 5.74) is 0. The zero-order chi connectivity index (χ0) is 8.39. The van der Waals surface area contributed by atoms with E-state index in [0.29, 0.717) is 0 Å². The molecule has 1 unspecified atom stereocenters. The van der Waals surface area contributed by atoms with Gasteiger partial charge < -0.3 is 5.32 Å². The van der Waals surface area contributed by atoms with Crippen molar-refractivity contribution in [3.8, 4) is 0 Å². The minimum Gasteiger partial charge on any atom is -0.345 e. The molecule has 3 heteroatoms. The summed E-state index contributed by atoms with van der Waals surface area (Å²) in [6, 6.07) is 6.79. The highest BCUT2D eigenvalue weighted by Gasteiger charge is 2.21. The van der Waals surface area contributed by atoms with E-state index in [9.17, 15) is 4.39 Å². The SMILES string of the molecule is Fc1cccc([S+]2C=CNC2)c1. The summed E-state index contributed by atoms with van der Waals surface area (Å²) in [6.45, 7) is 0. The molecule has 62 valence electrons. The van der Waals surface area contributed by atoms with Gasteiger partial charge in [-0.25, -0.2) is 4.39 Å². The second kappa shape index (κ2) is 3.19. The lowest BCUT2D eigenvalue weighted by atomic mass is 10.4. The molecule has 0 spiro atoms. The van der Waals surface area contributed by atoms with Crippen molar-refractivity contribution in [2.45, 2.75) is 4.90 Å². The third-order valence-corrected chi connectivity index (χ3v) is 3.49. The van der Waals surface area contributed by atoms with Crippen LogP contribution in [0.3, 0.4) is 0 Å². The van der Waals surface area contributed by atoms with E-state index in [1.54, 1.807) is 12.1 Å². The summed E-state index contributed by atoms with van der Waals surface area (Å²) in [5.74, 6) is 0.754. The van der Waals surface area contributed by atoms with E-state index in [1.807, 2.05) is 12.3 Å². The molecule has 0 saturated carbocycles. The monoisotopic (exact) mass is 182 g/mol. The molecule has 0 saturated heterocycles. The summed E-state index contributed by atoms with van der Waals surface area (Å²) in [5, 5.41) is 5.18. The van der Waals surface area contributed by atoms with E-state index in [4.69, 9.17) is 0 Å². The highest BCUT2D eigenvalue weighted by atomic mass is 32.2. The molecule has 2 rings (SSSR count). The Morgan fingerprint density at radius 1 is 1.42 bits per heavy atom. The van der Waals surface area contributed by atoms with Crippen molar-refractivity contribution in [3.63, 3.8) is 0 Å². The third kappa shape index (κ3) is 1.46. The number of nitrogens with one attached hydrogen (secondary N) is 1. The fraction of sp³-hybridized carbons (Fsp3) is 0.111. The van der Waals surface area contributed by atoms with Crippen molar-refractivity contribution in [1.29, 1.82) is 0 Å². The van der Waals surface area contributed by atoms with Gasteiger partial charge in [-0.1, -0.05) is 6.07 Å². The predicted octanol–water partition coefficient (Wildman–Crippen LogP) is 1.83. The third-order valence-electron chi connectivity index (χ3n) is 1.69. The molecule has 0 amide bonds. The van der Waals surface area contributed by atoms with Gasteiger partial charge in [0.15, 0.2) is 10.8 Å². The Bertz CT molecular complexity index is 311. The Morgan fingerprint density at radius 2 is 2.33 bits per heavy atom. The van der Waals surface area contributed by atoms with Gasteiger partial charge in [0.2, 0.25) is 0 Å². The second-order valence-corrected chi connectivity index (χ2v) is 4.43. The van der Waals surface area contributed by atoms with Crippen LogP contribution >= 0.6 is 0 Å². The molecule has 1 aliphatic heterocycles. The van der Waals surface area contributed by atoms with Gasteiger partial charge in [0.1, 0.15) is 11.2 Å². The molecule has 12 heavy (non-hydrogen) atoms. The van der Waals surface area contributed by atoms with Crippen LogP contribution in [0.25, 0.3) is 0 Å². The number of benzene rings is 1. The average molecular weight is 182 g/mol. The van der Waals surface area contributed by atoms with Gasteiger partial charge in [-0.2, -0.15) is 0 Å². The molecule has 1 N–H and O–H groups in total. The minimum atomic E-state index is -0.152. The fourth-order valence-corrected chi connectivity index (χ4v) is 2.58. The van der Waals surface area contributed by atoms with Crippen molar-refractivity contribution >= 4 is 10.9 Å². The second-order valence-electron chi connectivity index (χ2n) is 2.54. The van der Waals surface area contributed by atoms with Crippen LogP contribution in [0.1, 0.15) is 0 Å². The number of halogens is 1. The van der Waals surface area contributed by atoms with Gasteiger partial charge in [-0.15, -0.1) is 0 Å². The van der Waals surface area contributed by atoms with E-state index in [-0.39, 0.29) is 16.7 Å². The van der Waals surface area contributed by atoms with Crippen molar-refractivity contribution in [2.75, 3.05) is 5.88 Å². The van der Waals surface area contributed by atoms with Gasteiger partial charge in [0.05, 0.1) is 10.9 Å². The summed E-state index contributed by atoms with van der Waals surface area (Å²) in [7, 11) is 0.0674. The van der Waals surface area contributed by atoms with Crippen molar-refractivity contribution in [1.82, 2.24) is 5.32 Å². The summed E-state index contributed by atoms with van der Waals surface area (Å²) < 4.78 is 12.8. The topological polar surface area (TPSA) is 12.0 Å². The molecule has 0 bridgehead atoms. The fourth-order valence-electron chi connectivity index (χ4n) is 1.11. The summed E-state index contributed by atoms with van der Waals surface area (Å²) >= 11 is 0. The molecule has 1 nitrogen and oxygen atoms in total. The maximum atomic E-state index is 12.8. The molecular weight excluding hydrogens is 173 g/mol. The van der Waals surface area contributed by atoms with Crippen molar-refractivity contribution < 1.29 is 4.39 Å². The Labute approximate surface area is 73.6 Å². The van der Waals surface area contributed by atoms with Gasteiger partial charge >= 0.3 is 0 Å². The van der Waals surface area contributed by atoms with Crippen LogP contribution in [-0.4, -0.2) is 5.88 Å². The molecule has 1 aromatic carbocycles. The lowest BCUT2D eigenvalue weighted by molar-refractivity contribution is 0.624. The smallest absolute Gasteiger partial charge is 0.188 e. The van der Waals surface area contributed by atoms with Crippen molar-refractivity contribution in [3.05, 3.63) is 41.7 Å². The lowest BCUT2D eigenvalue weighted by Gasteiger charge is -1.96. The molecule has 0 radical (unpaired) electrons. The highest BCUT2D eigenvalue weighted by Crippen LogP contribution is 2.17. The van der Waals surface area contributed by atoms with E-state index in [2.05, 4.69) is 10.7 Å². The highest BCUT2D eigenvalue weighted by molar-refractivity contribution is 7.99. The molecule has 0 aliphatic carbocycles. The molecule has 0 fully saturated rings. The van der Waals surface area contributed by atoms with E-state index in [0.717, 1.165) is 10.8 Å². The van der Waals surface area contributed by atoms with Crippen molar-refractivity contribution in [2.24, 2.45) is 0 Å². The molecule has 1 atom stereocenters. The first-order chi connectivity index (χ1) is 5.86. The zero-order valence-electron chi connectivity index (χ0n) is 6.46. The van der Waals surface area contributed by atoms with Crippen LogP contribution in [0.2, 0.25) is 0 Å².